The quantitative estimate of drug-likeness (QED) is 0.637. The second-order valence-corrected chi connectivity index (χ2v) is 3.44. The highest BCUT2D eigenvalue weighted by molar-refractivity contribution is 7.71. The summed E-state index contributed by atoms with van der Waals surface area (Å²) in [5.41, 5.74) is 0.821. The lowest BCUT2D eigenvalue weighted by atomic mass is 10.2. The van der Waals surface area contributed by atoms with Crippen molar-refractivity contribution in [1.29, 1.82) is 5.26 Å². The Morgan fingerprint density at radius 2 is 2.07 bits per heavy atom. The van der Waals surface area contributed by atoms with Crippen LogP contribution in [0.1, 0.15) is 5.56 Å². The second kappa shape index (κ2) is 3.41. The van der Waals surface area contributed by atoms with Gasteiger partial charge in [-0.3, -0.25) is 0 Å². The van der Waals surface area contributed by atoms with Gasteiger partial charge in [-0.25, -0.2) is 0 Å². The molecule has 0 aliphatic rings. The molecule has 0 saturated carbocycles. The molecule has 14 heavy (non-hydrogen) atoms. The highest BCUT2D eigenvalue weighted by Crippen LogP contribution is 2.27. The van der Waals surface area contributed by atoms with Gasteiger partial charge in [-0.1, -0.05) is 23.7 Å². The number of fused-ring (bicyclic) bond motifs is 1. The first-order chi connectivity index (χ1) is 6.74. The van der Waals surface area contributed by atoms with Gasteiger partial charge in [0.15, 0.2) is 0 Å². The number of halogens is 1. The highest BCUT2D eigenvalue weighted by Gasteiger charge is 2.08. The summed E-state index contributed by atoms with van der Waals surface area (Å²) in [7, 11) is 0. The van der Waals surface area contributed by atoms with Crippen LogP contribution in [-0.2, 0) is 0 Å². The minimum atomic E-state index is 0.135. The van der Waals surface area contributed by atoms with E-state index in [1.54, 1.807) is 12.1 Å². The lowest BCUT2D eigenvalue weighted by Gasteiger charge is -2.00. The number of nitriles is 1. The molecule has 0 saturated heterocycles. The van der Waals surface area contributed by atoms with Gasteiger partial charge in [-0.2, -0.15) is 5.26 Å². The Morgan fingerprint density at radius 3 is 2.79 bits per heavy atom. The van der Waals surface area contributed by atoms with Crippen LogP contribution in [0.2, 0.25) is 5.02 Å². The van der Waals surface area contributed by atoms with Gasteiger partial charge in [-0.15, -0.1) is 0 Å². The Bertz CT molecular complexity index is 597. The average molecular weight is 222 g/mol. The Labute approximate surface area is 90.3 Å². The SMILES string of the molecule is N#Cc1c(Cl)c2ccccc2oc1=S. The largest absolute Gasteiger partial charge is 0.444 e. The van der Waals surface area contributed by atoms with Gasteiger partial charge < -0.3 is 4.42 Å². The summed E-state index contributed by atoms with van der Waals surface area (Å²) in [6.45, 7) is 0. The highest BCUT2D eigenvalue weighted by atomic mass is 35.5. The Kier molecular flexibility index (Phi) is 2.24. The van der Waals surface area contributed by atoms with Gasteiger partial charge in [0.1, 0.15) is 17.2 Å². The predicted octanol–water partition coefficient (Wildman–Crippen LogP) is 3.69. The molecule has 4 heteroatoms. The van der Waals surface area contributed by atoms with Crippen molar-refractivity contribution >= 4 is 34.8 Å². The molecule has 1 heterocycles. The van der Waals surface area contributed by atoms with Gasteiger partial charge in [0.25, 0.3) is 0 Å². The first-order valence-electron chi connectivity index (χ1n) is 3.85. The van der Waals surface area contributed by atoms with E-state index in [0.29, 0.717) is 16.0 Å². The number of nitrogens with zero attached hydrogens (tertiary/aromatic N) is 1. The van der Waals surface area contributed by atoms with Crippen LogP contribution in [0.4, 0.5) is 0 Å². The fourth-order valence-electron chi connectivity index (χ4n) is 1.21. The third-order valence-corrected chi connectivity index (χ3v) is 2.54. The van der Waals surface area contributed by atoms with E-state index in [1.807, 2.05) is 18.2 Å². The second-order valence-electron chi connectivity index (χ2n) is 2.69. The Hall–Kier alpha value is -1.37. The van der Waals surface area contributed by atoms with Crippen LogP contribution in [0.5, 0.6) is 0 Å². The van der Waals surface area contributed by atoms with Gasteiger partial charge in [0.05, 0.1) is 5.02 Å². The van der Waals surface area contributed by atoms with Crippen LogP contribution in [0.25, 0.3) is 11.0 Å². The molecule has 2 nitrogen and oxygen atoms in total. The van der Waals surface area contributed by atoms with Crippen molar-refractivity contribution in [3.05, 3.63) is 39.6 Å². The molecular weight excluding hydrogens is 218 g/mol. The first kappa shape index (κ1) is 9.20. The number of benzene rings is 1. The van der Waals surface area contributed by atoms with Crippen molar-refractivity contribution in [2.45, 2.75) is 0 Å². The molecule has 0 atom stereocenters. The minimum Gasteiger partial charge on any atom is -0.444 e. The summed E-state index contributed by atoms with van der Waals surface area (Å²) in [5.74, 6) is 0. The van der Waals surface area contributed by atoms with Crippen LogP contribution in [0.3, 0.4) is 0 Å². The van der Waals surface area contributed by atoms with Crippen molar-refractivity contribution in [2.75, 3.05) is 0 Å². The topological polar surface area (TPSA) is 36.9 Å². The summed E-state index contributed by atoms with van der Waals surface area (Å²) in [6.07, 6.45) is 0. The van der Waals surface area contributed by atoms with E-state index in [2.05, 4.69) is 0 Å². The van der Waals surface area contributed by atoms with E-state index in [9.17, 15) is 0 Å². The van der Waals surface area contributed by atoms with Crippen molar-refractivity contribution in [1.82, 2.24) is 0 Å². The third kappa shape index (κ3) is 1.29. The standard InChI is InChI=1S/C10H4ClNOS/c11-9-6-3-1-2-4-8(6)13-10(14)7(9)5-12/h1-4H. The molecule has 0 aliphatic heterocycles. The van der Waals surface area contributed by atoms with Crippen molar-refractivity contribution < 1.29 is 4.42 Å². The van der Waals surface area contributed by atoms with E-state index in [-0.39, 0.29) is 10.3 Å². The molecule has 0 aliphatic carbocycles. The maximum absolute atomic E-state index is 8.80. The normalized spacial score (nSPS) is 10.0. The number of para-hydroxylation sites is 1. The minimum absolute atomic E-state index is 0.135. The van der Waals surface area contributed by atoms with Gasteiger partial charge in [-0.05, 0) is 24.4 Å². The van der Waals surface area contributed by atoms with Crippen molar-refractivity contribution in [2.24, 2.45) is 0 Å². The van der Waals surface area contributed by atoms with E-state index in [4.69, 9.17) is 33.5 Å². The molecule has 0 spiro atoms. The number of hydrogen-bond acceptors (Lipinski definition) is 3. The van der Waals surface area contributed by atoms with Crippen LogP contribution < -0.4 is 0 Å². The fraction of sp³-hybridized carbons (Fsp3) is 0. The molecule has 0 N–H and O–H groups in total. The van der Waals surface area contributed by atoms with Crippen LogP contribution in [0, 0.1) is 16.0 Å². The summed E-state index contributed by atoms with van der Waals surface area (Å²) in [6, 6.07) is 9.13. The summed E-state index contributed by atoms with van der Waals surface area (Å²) >= 11 is 10.9. The average Bonchev–Trinajstić information content (AvgIpc) is 2.18. The molecule has 0 radical (unpaired) electrons. The third-order valence-electron chi connectivity index (χ3n) is 1.86. The zero-order valence-corrected chi connectivity index (χ0v) is 8.52. The molecule has 68 valence electrons. The van der Waals surface area contributed by atoms with Crippen molar-refractivity contribution in [3.8, 4) is 6.07 Å². The summed E-state index contributed by atoms with van der Waals surface area (Å²) < 4.78 is 5.41. The summed E-state index contributed by atoms with van der Waals surface area (Å²) in [5, 5.41) is 9.87. The zero-order chi connectivity index (χ0) is 10.1. The van der Waals surface area contributed by atoms with E-state index in [0.717, 1.165) is 0 Å². The Balaban J connectivity index is 3.02. The lowest BCUT2D eigenvalue weighted by Crippen LogP contribution is -1.82. The molecule has 0 unspecified atom stereocenters. The first-order valence-corrected chi connectivity index (χ1v) is 4.64. The molecule has 1 aromatic carbocycles. The predicted molar refractivity (Wildman–Crippen MR) is 56.8 cm³/mol. The molecule has 2 rings (SSSR count). The summed E-state index contributed by atoms with van der Waals surface area (Å²) in [4.78, 5) is 0. The Morgan fingerprint density at radius 1 is 1.36 bits per heavy atom. The smallest absolute Gasteiger partial charge is 0.210 e. The molecule has 1 aromatic heterocycles. The van der Waals surface area contributed by atoms with Gasteiger partial charge >= 0.3 is 0 Å². The maximum atomic E-state index is 8.80. The number of rotatable bonds is 0. The van der Waals surface area contributed by atoms with Gasteiger partial charge in [0, 0.05) is 5.39 Å². The molecule has 0 bridgehead atoms. The van der Waals surface area contributed by atoms with Crippen LogP contribution >= 0.6 is 23.8 Å². The van der Waals surface area contributed by atoms with Crippen molar-refractivity contribution in [3.63, 3.8) is 0 Å². The van der Waals surface area contributed by atoms with E-state index in [1.165, 1.54) is 0 Å². The molecule has 0 fully saturated rings. The maximum Gasteiger partial charge on any atom is 0.210 e. The molecule has 2 aromatic rings. The molecule has 0 amide bonds. The lowest BCUT2D eigenvalue weighted by molar-refractivity contribution is 0.584. The zero-order valence-electron chi connectivity index (χ0n) is 6.95. The number of hydrogen-bond donors (Lipinski definition) is 0. The van der Waals surface area contributed by atoms with Crippen LogP contribution in [0.15, 0.2) is 28.7 Å². The fourth-order valence-corrected chi connectivity index (χ4v) is 1.78. The van der Waals surface area contributed by atoms with Gasteiger partial charge in [0.2, 0.25) is 4.71 Å². The van der Waals surface area contributed by atoms with E-state index < -0.39 is 0 Å². The van der Waals surface area contributed by atoms with E-state index >= 15 is 0 Å². The molecular formula is C10H4ClNOS. The van der Waals surface area contributed by atoms with Crippen LogP contribution in [-0.4, -0.2) is 0 Å². The monoisotopic (exact) mass is 221 g/mol.